The van der Waals surface area contributed by atoms with Crippen LogP contribution in [0.1, 0.15) is 25.7 Å². The first kappa shape index (κ1) is 17.2. The first-order valence-electron chi connectivity index (χ1n) is 3.83. The van der Waals surface area contributed by atoms with E-state index in [0.717, 1.165) is 19.3 Å². The molecule has 0 aromatic rings. The molecule has 1 aliphatic heterocycles. The number of esters is 1. The molecule has 0 amide bonds. The van der Waals surface area contributed by atoms with Gasteiger partial charge in [-0.3, -0.25) is 4.79 Å². The fourth-order valence-electron chi connectivity index (χ4n) is 0.806. The van der Waals surface area contributed by atoms with Crippen LogP contribution in [0.3, 0.4) is 0 Å². The molecule has 0 unspecified atom stereocenters. The molecule has 0 aliphatic carbocycles. The molecular formula is C6H15CaO6P. The van der Waals surface area contributed by atoms with Crippen LogP contribution < -0.4 is 0 Å². The Morgan fingerprint density at radius 1 is 1.14 bits per heavy atom. The summed E-state index contributed by atoms with van der Waals surface area (Å²) in [5, 5.41) is 0. The van der Waals surface area contributed by atoms with Gasteiger partial charge in [-0.1, -0.05) is 0 Å². The van der Waals surface area contributed by atoms with Gasteiger partial charge in [-0.2, -0.15) is 0 Å². The van der Waals surface area contributed by atoms with Gasteiger partial charge in [0.25, 0.3) is 0 Å². The fourth-order valence-corrected chi connectivity index (χ4v) is 0.806. The van der Waals surface area contributed by atoms with E-state index in [0.29, 0.717) is 13.0 Å². The van der Waals surface area contributed by atoms with Crippen LogP contribution in [0.15, 0.2) is 0 Å². The zero-order chi connectivity index (χ0) is 10.3. The molecule has 1 rings (SSSR count). The standard InChI is InChI=1S/C6H10O2.Ca.H3O4P.2H/c7-6-4-2-1-3-5-8-6;;1-5(2,3)4;;/h1-5H2;;(H3,1,2,3,4);;. The molecule has 0 aromatic heterocycles. The maximum atomic E-state index is 10.5. The van der Waals surface area contributed by atoms with Crippen LogP contribution in [-0.4, -0.2) is 65.0 Å². The van der Waals surface area contributed by atoms with E-state index in [-0.39, 0.29) is 43.7 Å². The van der Waals surface area contributed by atoms with Gasteiger partial charge in [-0.05, 0) is 19.3 Å². The second kappa shape index (κ2) is 9.09. The number of hydrogen-bond donors (Lipinski definition) is 3. The van der Waals surface area contributed by atoms with Gasteiger partial charge in [-0.25, -0.2) is 4.57 Å². The second-order valence-electron chi connectivity index (χ2n) is 2.54. The summed E-state index contributed by atoms with van der Waals surface area (Å²) >= 11 is 0. The molecular weight excluding hydrogens is 239 g/mol. The Labute approximate surface area is 112 Å². The maximum absolute atomic E-state index is 10.5. The van der Waals surface area contributed by atoms with Gasteiger partial charge in [0.05, 0.1) is 6.61 Å². The van der Waals surface area contributed by atoms with Gasteiger partial charge in [-0.15, -0.1) is 0 Å². The Morgan fingerprint density at radius 3 is 2.14 bits per heavy atom. The average Bonchev–Trinajstić information content (AvgIpc) is 2.12. The van der Waals surface area contributed by atoms with Crippen LogP contribution in [0.4, 0.5) is 0 Å². The van der Waals surface area contributed by atoms with Gasteiger partial charge in [0.15, 0.2) is 0 Å². The molecule has 14 heavy (non-hydrogen) atoms. The predicted molar refractivity (Wildman–Crippen MR) is 52.2 cm³/mol. The van der Waals surface area contributed by atoms with Crippen LogP contribution >= 0.6 is 7.82 Å². The zero-order valence-corrected chi connectivity index (χ0v) is 7.94. The number of hydrogen-bond acceptors (Lipinski definition) is 3. The van der Waals surface area contributed by atoms with Gasteiger partial charge in [0.1, 0.15) is 0 Å². The van der Waals surface area contributed by atoms with Crippen LogP contribution in [0, 0.1) is 0 Å². The van der Waals surface area contributed by atoms with Crippen molar-refractivity contribution in [2.75, 3.05) is 6.61 Å². The molecule has 0 aromatic carbocycles. The summed E-state index contributed by atoms with van der Waals surface area (Å²) in [6, 6.07) is 0. The van der Waals surface area contributed by atoms with Crippen molar-refractivity contribution in [2.45, 2.75) is 25.7 Å². The first-order chi connectivity index (χ1) is 5.89. The summed E-state index contributed by atoms with van der Waals surface area (Å²) in [5.41, 5.74) is 0. The van der Waals surface area contributed by atoms with Crippen LogP contribution in [0.25, 0.3) is 0 Å². The third kappa shape index (κ3) is 18.6. The second-order valence-corrected chi connectivity index (χ2v) is 3.57. The molecule has 8 heteroatoms. The number of phosphoric acid groups is 1. The minimum absolute atomic E-state index is 0. The molecule has 1 fully saturated rings. The van der Waals surface area contributed by atoms with Crippen LogP contribution in [0.5, 0.6) is 0 Å². The molecule has 6 nitrogen and oxygen atoms in total. The average molecular weight is 254 g/mol. The van der Waals surface area contributed by atoms with E-state index >= 15 is 0 Å². The molecule has 82 valence electrons. The Balaban J connectivity index is 0. The van der Waals surface area contributed by atoms with Gasteiger partial charge >= 0.3 is 51.5 Å². The van der Waals surface area contributed by atoms with Gasteiger partial charge in [0, 0.05) is 6.42 Å². The molecule has 3 N–H and O–H groups in total. The Kier molecular flexibility index (Phi) is 11.2. The molecule has 0 saturated carbocycles. The first-order valence-corrected chi connectivity index (χ1v) is 5.40. The van der Waals surface area contributed by atoms with Crippen molar-refractivity contribution in [2.24, 2.45) is 0 Å². The Hall–Kier alpha value is 0.840. The number of carbonyl (C=O) groups excluding carboxylic acids is 1. The van der Waals surface area contributed by atoms with E-state index in [1.54, 1.807) is 0 Å². The van der Waals surface area contributed by atoms with E-state index in [1.807, 2.05) is 0 Å². The molecule has 0 radical (unpaired) electrons. The topological polar surface area (TPSA) is 104 Å². The number of rotatable bonds is 0. The van der Waals surface area contributed by atoms with E-state index in [1.165, 1.54) is 0 Å². The summed E-state index contributed by atoms with van der Waals surface area (Å²) in [7, 11) is -4.64. The fraction of sp³-hybridized carbons (Fsp3) is 0.833. The van der Waals surface area contributed by atoms with Crippen molar-refractivity contribution in [3.63, 3.8) is 0 Å². The number of carbonyl (C=O) groups is 1. The van der Waals surface area contributed by atoms with Crippen LogP contribution in [-0.2, 0) is 14.1 Å². The van der Waals surface area contributed by atoms with Crippen molar-refractivity contribution in [1.29, 1.82) is 0 Å². The number of ether oxygens (including phenoxy) is 1. The normalized spacial score (nSPS) is 16.6. The van der Waals surface area contributed by atoms with Crippen molar-refractivity contribution in [3.8, 4) is 0 Å². The quantitative estimate of drug-likeness (QED) is 0.299. The Morgan fingerprint density at radius 2 is 1.64 bits per heavy atom. The van der Waals surface area contributed by atoms with Gasteiger partial charge < -0.3 is 19.4 Å². The third-order valence-corrected chi connectivity index (χ3v) is 1.29. The summed E-state index contributed by atoms with van der Waals surface area (Å²) in [6.07, 6.45) is 3.83. The van der Waals surface area contributed by atoms with Crippen molar-refractivity contribution < 1.29 is 28.8 Å². The number of cyclic esters (lactones) is 1. The van der Waals surface area contributed by atoms with E-state index in [9.17, 15) is 4.79 Å². The molecule has 0 atom stereocenters. The Bertz CT molecular complexity index is 184. The predicted octanol–water partition coefficient (Wildman–Crippen LogP) is -0.741. The molecule has 1 heterocycles. The van der Waals surface area contributed by atoms with Crippen LogP contribution in [0.2, 0.25) is 0 Å². The summed E-state index contributed by atoms with van der Waals surface area (Å²) in [4.78, 5) is 32.0. The third-order valence-electron chi connectivity index (χ3n) is 1.29. The monoisotopic (exact) mass is 254 g/mol. The van der Waals surface area contributed by atoms with Crippen molar-refractivity contribution >= 4 is 51.5 Å². The van der Waals surface area contributed by atoms with E-state index < -0.39 is 7.82 Å². The molecule has 0 bridgehead atoms. The van der Waals surface area contributed by atoms with Crippen molar-refractivity contribution in [1.82, 2.24) is 0 Å². The van der Waals surface area contributed by atoms with E-state index in [2.05, 4.69) is 0 Å². The van der Waals surface area contributed by atoms with Gasteiger partial charge in [0.2, 0.25) is 0 Å². The summed E-state index contributed by atoms with van der Waals surface area (Å²) in [5.74, 6) is -0.0255. The SMILES string of the molecule is O=C1CCCCCO1.O=P(O)(O)O.[CaH2]. The summed E-state index contributed by atoms with van der Waals surface area (Å²) < 4.78 is 13.6. The zero-order valence-electron chi connectivity index (χ0n) is 7.05. The molecule has 0 spiro atoms. The minimum atomic E-state index is -4.64. The molecule has 1 saturated heterocycles. The van der Waals surface area contributed by atoms with Crippen molar-refractivity contribution in [3.05, 3.63) is 0 Å². The summed E-state index contributed by atoms with van der Waals surface area (Å²) in [6.45, 7) is 0.638. The van der Waals surface area contributed by atoms with E-state index in [4.69, 9.17) is 24.0 Å². The molecule has 1 aliphatic rings.